The van der Waals surface area contributed by atoms with E-state index in [-0.39, 0.29) is 5.91 Å². The number of carbonyl (C=O) groups is 3. The third-order valence-corrected chi connectivity index (χ3v) is 2.94. The Balaban J connectivity index is 2.06. The summed E-state index contributed by atoms with van der Waals surface area (Å²) >= 11 is 0. The van der Waals surface area contributed by atoms with E-state index in [9.17, 15) is 14.4 Å². The first-order valence-corrected chi connectivity index (χ1v) is 4.71. The number of rotatable bonds is 0. The molecule has 0 unspecified atom stereocenters. The highest BCUT2D eigenvalue weighted by Crippen LogP contribution is 2.25. The van der Waals surface area contributed by atoms with E-state index in [4.69, 9.17) is 5.73 Å². The van der Waals surface area contributed by atoms with Crippen LogP contribution in [0.2, 0.25) is 0 Å². The first-order chi connectivity index (χ1) is 7.03. The number of amides is 5. The highest BCUT2D eigenvalue weighted by molar-refractivity contribution is 6.07. The maximum absolute atomic E-state index is 11.5. The Morgan fingerprint density at radius 2 is 1.93 bits per heavy atom. The second kappa shape index (κ2) is 3.11. The van der Waals surface area contributed by atoms with E-state index in [2.05, 4.69) is 10.6 Å². The Morgan fingerprint density at radius 1 is 1.33 bits per heavy atom. The molecule has 0 saturated carbocycles. The normalized spacial score (nSPS) is 23.9. The minimum absolute atomic E-state index is 0.309. The third kappa shape index (κ3) is 1.49. The van der Waals surface area contributed by atoms with Crippen LogP contribution in [0.4, 0.5) is 9.59 Å². The quantitative estimate of drug-likeness (QED) is 0.436. The number of nitrogens with two attached hydrogens (primary N) is 1. The summed E-state index contributed by atoms with van der Waals surface area (Å²) in [5.74, 6) is -0.309. The molecule has 15 heavy (non-hydrogen) atoms. The second-order valence-corrected chi connectivity index (χ2v) is 3.82. The number of primary amides is 1. The maximum Gasteiger partial charge on any atom is 0.322 e. The predicted molar refractivity (Wildman–Crippen MR) is 49.8 cm³/mol. The van der Waals surface area contributed by atoms with Gasteiger partial charge >= 0.3 is 12.1 Å². The van der Waals surface area contributed by atoms with E-state index in [1.54, 1.807) is 0 Å². The summed E-state index contributed by atoms with van der Waals surface area (Å²) in [5.41, 5.74) is 4.29. The molecule has 2 rings (SSSR count). The summed E-state index contributed by atoms with van der Waals surface area (Å²) in [6, 6.07) is -0.956. The van der Waals surface area contributed by atoms with Crippen LogP contribution in [0.3, 0.4) is 0 Å². The minimum Gasteiger partial charge on any atom is -0.351 e. The highest BCUT2D eigenvalue weighted by atomic mass is 16.2. The van der Waals surface area contributed by atoms with Crippen molar-refractivity contribution in [2.24, 2.45) is 5.73 Å². The lowest BCUT2D eigenvalue weighted by molar-refractivity contribution is -0.125. The van der Waals surface area contributed by atoms with E-state index in [0.29, 0.717) is 25.9 Å². The first kappa shape index (κ1) is 9.75. The Kier molecular flexibility index (Phi) is 2.02. The maximum atomic E-state index is 11.5. The van der Waals surface area contributed by atoms with Gasteiger partial charge in [-0.25, -0.2) is 9.59 Å². The molecule has 7 nitrogen and oxygen atoms in total. The lowest BCUT2D eigenvalue weighted by Gasteiger charge is -2.35. The molecule has 1 spiro atoms. The van der Waals surface area contributed by atoms with Crippen molar-refractivity contribution < 1.29 is 14.4 Å². The molecule has 0 aliphatic carbocycles. The third-order valence-electron chi connectivity index (χ3n) is 2.94. The van der Waals surface area contributed by atoms with Crippen LogP contribution in [0.25, 0.3) is 0 Å². The molecule has 0 aromatic rings. The largest absolute Gasteiger partial charge is 0.351 e. The van der Waals surface area contributed by atoms with E-state index < -0.39 is 17.6 Å². The van der Waals surface area contributed by atoms with Gasteiger partial charge in [-0.05, 0) is 12.8 Å². The summed E-state index contributed by atoms with van der Waals surface area (Å²) in [6.45, 7) is 0.784. The van der Waals surface area contributed by atoms with Gasteiger partial charge in [0.25, 0.3) is 5.91 Å². The van der Waals surface area contributed by atoms with E-state index in [1.807, 2.05) is 0 Å². The van der Waals surface area contributed by atoms with Crippen LogP contribution in [0.5, 0.6) is 0 Å². The molecule has 0 atom stereocenters. The molecule has 5 amide bonds. The average Bonchev–Trinajstić information content (AvgIpc) is 2.42. The standard InChI is InChI=1S/C8H12N4O3/c9-6(14)12-3-1-8(2-4-12)5(13)10-7(15)11-8/h1-4H2,(H2,9,14)(H2,10,11,13,15). The molecule has 0 aromatic heterocycles. The summed E-state index contributed by atoms with van der Waals surface area (Å²) in [7, 11) is 0. The van der Waals surface area contributed by atoms with Crippen LogP contribution in [-0.4, -0.2) is 41.5 Å². The van der Waals surface area contributed by atoms with Gasteiger partial charge in [0.15, 0.2) is 0 Å². The number of carbonyl (C=O) groups excluding carboxylic acids is 3. The van der Waals surface area contributed by atoms with Crippen LogP contribution >= 0.6 is 0 Å². The van der Waals surface area contributed by atoms with Crippen molar-refractivity contribution in [2.45, 2.75) is 18.4 Å². The van der Waals surface area contributed by atoms with Crippen LogP contribution in [0.1, 0.15) is 12.8 Å². The number of likely N-dealkylation sites (tertiary alicyclic amines) is 1. The molecule has 4 N–H and O–H groups in total. The van der Waals surface area contributed by atoms with Crippen molar-refractivity contribution in [3.63, 3.8) is 0 Å². The van der Waals surface area contributed by atoms with Crippen LogP contribution in [0.15, 0.2) is 0 Å². The second-order valence-electron chi connectivity index (χ2n) is 3.82. The summed E-state index contributed by atoms with van der Waals surface area (Å²) in [6.07, 6.45) is 0.820. The number of nitrogens with zero attached hydrogens (tertiary/aromatic N) is 1. The molecule has 2 fully saturated rings. The summed E-state index contributed by atoms with van der Waals surface area (Å²) in [5, 5.41) is 4.80. The van der Waals surface area contributed by atoms with Gasteiger partial charge in [0.1, 0.15) is 5.54 Å². The zero-order valence-electron chi connectivity index (χ0n) is 8.08. The van der Waals surface area contributed by atoms with Crippen molar-refractivity contribution in [3.05, 3.63) is 0 Å². The van der Waals surface area contributed by atoms with Gasteiger partial charge < -0.3 is 16.0 Å². The lowest BCUT2D eigenvalue weighted by atomic mass is 9.88. The zero-order chi connectivity index (χ0) is 11.1. The van der Waals surface area contributed by atoms with E-state index in [0.717, 1.165) is 0 Å². The Morgan fingerprint density at radius 3 is 2.33 bits per heavy atom. The lowest BCUT2D eigenvalue weighted by Crippen LogP contribution is -2.56. The van der Waals surface area contributed by atoms with Crippen molar-refractivity contribution >= 4 is 18.0 Å². The number of hydrogen-bond acceptors (Lipinski definition) is 3. The van der Waals surface area contributed by atoms with Gasteiger partial charge in [-0.15, -0.1) is 0 Å². The predicted octanol–water partition coefficient (Wildman–Crippen LogP) is -1.26. The number of nitrogens with one attached hydrogen (secondary N) is 2. The van der Waals surface area contributed by atoms with Crippen molar-refractivity contribution in [1.29, 1.82) is 0 Å². The molecule has 2 heterocycles. The molecule has 0 bridgehead atoms. The SMILES string of the molecule is NC(=O)N1CCC2(CC1)NC(=O)NC2=O. The Labute approximate surface area is 86.0 Å². The number of hydrogen-bond donors (Lipinski definition) is 3. The molecule has 7 heteroatoms. The molecule has 0 aromatic carbocycles. The molecule has 2 aliphatic heterocycles. The Bertz CT molecular complexity index is 333. The molecule has 2 aliphatic rings. The van der Waals surface area contributed by atoms with Crippen molar-refractivity contribution in [3.8, 4) is 0 Å². The smallest absolute Gasteiger partial charge is 0.322 e. The average molecular weight is 212 g/mol. The summed E-state index contributed by atoms with van der Waals surface area (Å²) in [4.78, 5) is 34.8. The van der Waals surface area contributed by atoms with Gasteiger partial charge in [-0.3, -0.25) is 10.1 Å². The molecular formula is C8H12N4O3. The topological polar surface area (TPSA) is 105 Å². The molecule has 2 saturated heterocycles. The van der Waals surface area contributed by atoms with Gasteiger partial charge in [0.2, 0.25) is 0 Å². The zero-order valence-corrected chi connectivity index (χ0v) is 8.08. The van der Waals surface area contributed by atoms with Crippen LogP contribution in [0, 0.1) is 0 Å². The number of piperidine rings is 1. The van der Waals surface area contributed by atoms with Gasteiger partial charge in [0, 0.05) is 13.1 Å². The fourth-order valence-electron chi connectivity index (χ4n) is 1.99. The summed E-state index contributed by atoms with van der Waals surface area (Å²) < 4.78 is 0. The van der Waals surface area contributed by atoms with Crippen molar-refractivity contribution in [1.82, 2.24) is 15.5 Å². The fourth-order valence-corrected chi connectivity index (χ4v) is 1.99. The first-order valence-electron chi connectivity index (χ1n) is 4.71. The molecule has 0 radical (unpaired) electrons. The van der Waals surface area contributed by atoms with E-state index >= 15 is 0 Å². The van der Waals surface area contributed by atoms with Gasteiger partial charge in [-0.1, -0.05) is 0 Å². The molecule has 82 valence electrons. The number of imide groups is 1. The van der Waals surface area contributed by atoms with Gasteiger partial charge in [-0.2, -0.15) is 0 Å². The van der Waals surface area contributed by atoms with Crippen LogP contribution < -0.4 is 16.4 Å². The molecular weight excluding hydrogens is 200 g/mol. The van der Waals surface area contributed by atoms with Crippen molar-refractivity contribution in [2.75, 3.05) is 13.1 Å². The monoisotopic (exact) mass is 212 g/mol. The highest BCUT2D eigenvalue weighted by Gasteiger charge is 2.48. The van der Waals surface area contributed by atoms with Gasteiger partial charge in [0.05, 0.1) is 0 Å². The van der Waals surface area contributed by atoms with Crippen LogP contribution in [-0.2, 0) is 4.79 Å². The minimum atomic E-state index is -0.830. The van der Waals surface area contributed by atoms with E-state index in [1.165, 1.54) is 4.90 Å². The fraction of sp³-hybridized carbons (Fsp3) is 0.625. The number of urea groups is 2. The Hall–Kier alpha value is -1.79.